The van der Waals surface area contributed by atoms with E-state index in [2.05, 4.69) is 19.9 Å². The first kappa shape index (κ1) is 19.5. The second-order valence-corrected chi connectivity index (χ2v) is 5.83. The lowest BCUT2D eigenvalue weighted by atomic mass is 10.00. The van der Waals surface area contributed by atoms with Crippen LogP contribution in [0.25, 0.3) is 11.5 Å². The molecular weight excluding hydrogens is 338 g/mol. The number of hydroxylamine groups is 2. The van der Waals surface area contributed by atoms with Gasteiger partial charge in [0.05, 0.1) is 12.5 Å². The van der Waals surface area contributed by atoms with Crippen LogP contribution in [0.4, 0.5) is 5.82 Å². The lowest BCUT2D eigenvalue weighted by Gasteiger charge is -2.24. The Bertz CT molecular complexity index is 708. The van der Waals surface area contributed by atoms with Crippen LogP contribution in [0.1, 0.15) is 32.6 Å². The number of nitrogens with zero attached hydrogens (tertiary/aromatic N) is 5. The van der Waals surface area contributed by atoms with Crippen LogP contribution in [0.3, 0.4) is 0 Å². The lowest BCUT2D eigenvalue weighted by Crippen LogP contribution is -2.45. The van der Waals surface area contributed by atoms with E-state index in [0.717, 1.165) is 24.3 Å². The standard InChI is InChI=1S/C16H23N7O3/c1-2-3-4-5-12(9-22(26)11-24)16(25)23(17)14-8-13(20-10-21-14)15-18-6-7-19-15/h6-8,10-12,26H,2-5,9,17H2,1H3,(H,18,19)/t12-/m0/s1. The average Bonchev–Trinajstić information content (AvgIpc) is 3.21. The third-order valence-electron chi connectivity index (χ3n) is 3.91. The molecule has 1 atom stereocenters. The third-order valence-corrected chi connectivity index (χ3v) is 3.91. The maximum atomic E-state index is 12.8. The van der Waals surface area contributed by atoms with E-state index in [0.29, 0.717) is 23.0 Å². The number of unbranched alkanes of at least 4 members (excludes halogenated alkanes) is 2. The van der Waals surface area contributed by atoms with Crippen molar-refractivity contribution in [2.24, 2.45) is 11.8 Å². The molecule has 0 aliphatic carbocycles. The fourth-order valence-electron chi connectivity index (χ4n) is 2.53. The van der Waals surface area contributed by atoms with E-state index in [1.165, 1.54) is 12.4 Å². The van der Waals surface area contributed by atoms with Crippen molar-refractivity contribution in [1.29, 1.82) is 0 Å². The summed E-state index contributed by atoms with van der Waals surface area (Å²) in [6, 6.07) is 1.54. The maximum absolute atomic E-state index is 12.8. The molecular formula is C16H23N7O3. The van der Waals surface area contributed by atoms with Crippen LogP contribution in [-0.4, -0.2) is 49.1 Å². The van der Waals surface area contributed by atoms with E-state index >= 15 is 0 Å². The van der Waals surface area contributed by atoms with Gasteiger partial charge in [-0.1, -0.05) is 26.2 Å². The van der Waals surface area contributed by atoms with E-state index in [1.807, 2.05) is 6.92 Å². The van der Waals surface area contributed by atoms with Gasteiger partial charge in [-0.15, -0.1) is 0 Å². The molecule has 10 nitrogen and oxygen atoms in total. The van der Waals surface area contributed by atoms with Crippen molar-refractivity contribution in [1.82, 2.24) is 25.0 Å². The Labute approximate surface area is 151 Å². The van der Waals surface area contributed by atoms with Crippen LogP contribution in [0.5, 0.6) is 0 Å². The Morgan fingerprint density at radius 2 is 2.19 bits per heavy atom. The highest BCUT2D eigenvalue weighted by Gasteiger charge is 2.26. The molecule has 4 N–H and O–H groups in total. The summed E-state index contributed by atoms with van der Waals surface area (Å²) in [6.07, 6.45) is 8.01. The first-order valence-corrected chi connectivity index (χ1v) is 8.38. The van der Waals surface area contributed by atoms with Crippen molar-refractivity contribution in [3.8, 4) is 11.5 Å². The van der Waals surface area contributed by atoms with Gasteiger partial charge >= 0.3 is 0 Å². The van der Waals surface area contributed by atoms with E-state index < -0.39 is 11.8 Å². The molecule has 2 rings (SSSR count). The van der Waals surface area contributed by atoms with Crippen molar-refractivity contribution in [2.45, 2.75) is 32.6 Å². The van der Waals surface area contributed by atoms with Crippen LogP contribution in [-0.2, 0) is 9.59 Å². The number of carbonyl (C=O) groups is 2. The molecule has 0 saturated heterocycles. The Morgan fingerprint density at radius 3 is 2.85 bits per heavy atom. The molecule has 2 heterocycles. The molecule has 2 aromatic heterocycles. The minimum Gasteiger partial charge on any atom is -0.343 e. The van der Waals surface area contributed by atoms with Crippen molar-refractivity contribution < 1.29 is 14.8 Å². The molecule has 2 amide bonds. The normalized spacial score (nSPS) is 11.8. The van der Waals surface area contributed by atoms with Crippen molar-refractivity contribution in [3.05, 3.63) is 24.8 Å². The number of hydrazine groups is 1. The Kier molecular flexibility index (Phi) is 7.18. The molecule has 0 aliphatic rings. The van der Waals surface area contributed by atoms with E-state index in [1.54, 1.807) is 12.4 Å². The number of aromatic amines is 1. The van der Waals surface area contributed by atoms with Crippen LogP contribution in [0, 0.1) is 5.92 Å². The van der Waals surface area contributed by atoms with E-state index in [-0.39, 0.29) is 18.8 Å². The summed E-state index contributed by atoms with van der Waals surface area (Å²) in [5.74, 6) is 5.61. The van der Waals surface area contributed by atoms with E-state index in [4.69, 9.17) is 5.84 Å². The number of amides is 2. The van der Waals surface area contributed by atoms with Crippen molar-refractivity contribution >= 4 is 18.1 Å². The molecule has 0 spiro atoms. The quantitative estimate of drug-likeness (QED) is 0.144. The highest BCUT2D eigenvalue weighted by atomic mass is 16.5. The molecule has 10 heteroatoms. The van der Waals surface area contributed by atoms with Gasteiger partial charge in [-0.05, 0) is 6.42 Å². The molecule has 0 radical (unpaired) electrons. The summed E-state index contributed by atoms with van der Waals surface area (Å²) in [5.41, 5.74) is 0.488. The Morgan fingerprint density at radius 1 is 1.38 bits per heavy atom. The van der Waals surface area contributed by atoms with Crippen LogP contribution in [0.15, 0.2) is 24.8 Å². The number of anilines is 1. The van der Waals surface area contributed by atoms with Gasteiger partial charge in [0.15, 0.2) is 11.6 Å². The van der Waals surface area contributed by atoms with Gasteiger partial charge in [0.1, 0.15) is 12.0 Å². The molecule has 0 saturated carbocycles. The number of nitrogens with one attached hydrogen (secondary N) is 1. The number of carbonyl (C=O) groups excluding carboxylic acids is 2. The van der Waals surface area contributed by atoms with Crippen LogP contribution < -0.4 is 10.9 Å². The molecule has 140 valence electrons. The lowest BCUT2D eigenvalue weighted by molar-refractivity contribution is -0.154. The van der Waals surface area contributed by atoms with Gasteiger partial charge in [0, 0.05) is 18.5 Å². The zero-order valence-corrected chi connectivity index (χ0v) is 14.6. The second-order valence-electron chi connectivity index (χ2n) is 5.83. The minimum absolute atomic E-state index is 0.129. The molecule has 26 heavy (non-hydrogen) atoms. The third kappa shape index (κ3) is 5.07. The Balaban J connectivity index is 2.16. The number of rotatable bonds is 10. The van der Waals surface area contributed by atoms with Gasteiger partial charge in [-0.25, -0.2) is 30.9 Å². The summed E-state index contributed by atoms with van der Waals surface area (Å²) in [4.78, 5) is 38.6. The number of imidazole rings is 1. The predicted molar refractivity (Wildman–Crippen MR) is 93.5 cm³/mol. The zero-order chi connectivity index (χ0) is 18.9. The summed E-state index contributed by atoms with van der Waals surface area (Å²) in [7, 11) is 0. The first-order chi connectivity index (χ1) is 12.6. The summed E-state index contributed by atoms with van der Waals surface area (Å²) in [6.45, 7) is 1.92. The fourth-order valence-corrected chi connectivity index (χ4v) is 2.53. The molecule has 0 fully saturated rings. The Hall–Kier alpha value is -2.85. The summed E-state index contributed by atoms with van der Waals surface area (Å²) < 4.78 is 0. The van der Waals surface area contributed by atoms with Crippen molar-refractivity contribution in [3.63, 3.8) is 0 Å². The highest BCUT2D eigenvalue weighted by Crippen LogP contribution is 2.19. The smallest absolute Gasteiger partial charge is 0.247 e. The van der Waals surface area contributed by atoms with Crippen LogP contribution in [0.2, 0.25) is 0 Å². The number of aromatic nitrogens is 4. The minimum atomic E-state index is -0.635. The van der Waals surface area contributed by atoms with Gasteiger partial charge < -0.3 is 4.98 Å². The van der Waals surface area contributed by atoms with Gasteiger partial charge in [-0.3, -0.25) is 14.8 Å². The highest BCUT2D eigenvalue weighted by molar-refractivity contribution is 5.93. The summed E-state index contributed by atoms with van der Waals surface area (Å²) in [5, 5.41) is 10.8. The number of hydrogen-bond acceptors (Lipinski definition) is 7. The SMILES string of the molecule is CCCCC[C@@H](CN(O)C=O)C(=O)N(N)c1cc(-c2ncc[nH]2)ncn1. The predicted octanol–water partition coefficient (Wildman–Crippen LogP) is 1.12. The monoisotopic (exact) mass is 361 g/mol. The largest absolute Gasteiger partial charge is 0.343 e. The van der Waals surface area contributed by atoms with Crippen LogP contribution >= 0.6 is 0 Å². The molecule has 0 aliphatic heterocycles. The van der Waals surface area contributed by atoms with Gasteiger partial charge in [0.25, 0.3) is 0 Å². The molecule has 0 bridgehead atoms. The number of nitrogens with two attached hydrogens (primary N) is 1. The first-order valence-electron chi connectivity index (χ1n) is 8.38. The second kappa shape index (κ2) is 9.59. The van der Waals surface area contributed by atoms with Crippen molar-refractivity contribution in [2.75, 3.05) is 11.6 Å². The maximum Gasteiger partial charge on any atom is 0.247 e. The van der Waals surface area contributed by atoms with E-state index in [9.17, 15) is 14.8 Å². The number of H-pyrrole nitrogens is 1. The molecule has 2 aromatic rings. The topological polar surface area (TPSA) is 141 Å². The fraction of sp³-hybridized carbons (Fsp3) is 0.438. The molecule has 0 aromatic carbocycles. The van der Waals surface area contributed by atoms with Gasteiger partial charge in [0.2, 0.25) is 12.3 Å². The average molecular weight is 361 g/mol. The number of hydrogen-bond donors (Lipinski definition) is 3. The molecule has 0 unspecified atom stereocenters. The summed E-state index contributed by atoms with van der Waals surface area (Å²) >= 11 is 0. The van der Waals surface area contributed by atoms with Gasteiger partial charge in [-0.2, -0.15) is 0 Å². The zero-order valence-electron chi connectivity index (χ0n) is 14.6.